The third-order valence-electron chi connectivity index (χ3n) is 4.80. The van der Waals surface area contributed by atoms with Gasteiger partial charge in [0.2, 0.25) is 5.95 Å². The van der Waals surface area contributed by atoms with Gasteiger partial charge in [-0.3, -0.25) is 4.90 Å². The van der Waals surface area contributed by atoms with Crippen molar-refractivity contribution in [3.8, 4) is 0 Å². The van der Waals surface area contributed by atoms with Gasteiger partial charge < -0.3 is 20.3 Å². The third kappa shape index (κ3) is 3.98. The van der Waals surface area contributed by atoms with Crippen LogP contribution in [0.3, 0.4) is 0 Å². The maximum absolute atomic E-state index is 9.90. The van der Waals surface area contributed by atoms with Crippen LogP contribution in [0.5, 0.6) is 0 Å². The van der Waals surface area contributed by atoms with Crippen molar-refractivity contribution < 1.29 is 14.9 Å². The normalized spacial score (nSPS) is 28.0. The zero-order valence-electron chi connectivity index (χ0n) is 13.6. The summed E-state index contributed by atoms with van der Waals surface area (Å²) in [4.78, 5) is 11.0. The highest BCUT2D eigenvalue weighted by Crippen LogP contribution is 2.35. The maximum Gasteiger partial charge on any atom is 0.222 e. The van der Waals surface area contributed by atoms with Gasteiger partial charge in [0, 0.05) is 50.6 Å². The van der Waals surface area contributed by atoms with E-state index in [1.54, 1.807) is 0 Å². The summed E-state index contributed by atoms with van der Waals surface area (Å²) in [6.45, 7) is 5.72. The number of likely N-dealkylation sites (tertiary alicyclic amines) is 1. The second-order valence-electron chi connectivity index (χ2n) is 6.55. The number of aliphatic hydroxyl groups excluding tert-OH is 2. The Morgan fingerprint density at radius 3 is 2.57 bits per heavy atom. The number of aliphatic hydroxyl groups is 2. The van der Waals surface area contributed by atoms with E-state index in [2.05, 4.69) is 20.2 Å². The topological polar surface area (TPSA) is 90.7 Å². The fourth-order valence-electron chi connectivity index (χ4n) is 3.36. The smallest absolute Gasteiger partial charge is 0.222 e. The first-order valence-corrected chi connectivity index (χ1v) is 8.37. The van der Waals surface area contributed by atoms with Gasteiger partial charge in [-0.2, -0.15) is 0 Å². The fourth-order valence-corrected chi connectivity index (χ4v) is 3.36. The quantitative estimate of drug-likeness (QED) is 0.738. The lowest BCUT2D eigenvalue weighted by Crippen LogP contribution is -2.54. The molecule has 0 amide bonds. The first-order valence-electron chi connectivity index (χ1n) is 8.37. The van der Waals surface area contributed by atoms with Crippen LogP contribution in [-0.4, -0.2) is 69.1 Å². The summed E-state index contributed by atoms with van der Waals surface area (Å²) in [7, 11) is 0. The first-order chi connectivity index (χ1) is 11.1. The van der Waals surface area contributed by atoms with Crippen LogP contribution in [0, 0.1) is 0 Å². The van der Waals surface area contributed by atoms with Gasteiger partial charge in [-0.1, -0.05) is 0 Å². The average Bonchev–Trinajstić information content (AvgIpc) is 2.56. The molecular weight excluding hydrogens is 296 g/mol. The molecule has 7 heteroatoms. The van der Waals surface area contributed by atoms with Gasteiger partial charge in [-0.15, -0.1) is 0 Å². The van der Waals surface area contributed by atoms with E-state index >= 15 is 0 Å². The Kier molecular flexibility index (Phi) is 5.11. The van der Waals surface area contributed by atoms with Gasteiger partial charge in [0.15, 0.2) is 0 Å². The van der Waals surface area contributed by atoms with Crippen molar-refractivity contribution in [3.05, 3.63) is 18.0 Å². The van der Waals surface area contributed by atoms with E-state index in [-0.39, 0.29) is 12.2 Å². The highest BCUT2D eigenvalue weighted by Gasteiger charge is 2.42. The number of piperidine rings is 1. The van der Waals surface area contributed by atoms with Crippen LogP contribution in [0.15, 0.2) is 12.4 Å². The summed E-state index contributed by atoms with van der Waals surface area (Å²) < 4.78 is 5.86. The first kappa shape index (κ1) is 16.6. The molecule has 1 aromatic rings. The Morgan fingerprint density at radius 2 is 1.96 bits per heavy atom. The van der Waals surface area contributed by atoms with E-state index in [1.165, 1.54) is 0 Å². The molecule has 0 saturated carbocycles. The summed E-state index contributed by atoms with van der Waals surface area (Å²) in [6, 6.07) is 0. The SMILES string of the molecule is CCNc1ncc(CN2CCC3(CC2)C[C@@H](O)[C@@H](O)CO3)cn1. The summed E-state index contributed by atoms with van der Waals surface area (Å²) >= 11 is 0. The van der Waals surface area contributed by atoms with Crippen LogP contribution in [0.4, 0.5) is 5.95 Å². The van der Waals surface area contributed by atoms with Crippen molar-refractivity contribution in [1.82, 2.24) is 14.9 Å². The zero-order valence-corrected chi connectivity index (χ0v) is 13.6. The predicted molar refractivity (Wildman–Crippen MR) is 86.0 cm³/mol. The largest absolute Gasteiger partial charge is 0.390 e. The molecule has 0 unspecified atom stereocenters. The minimum atomic E-state index is -0.744. The number of aromatic nitrogens is 2. The lowest BCUT2D eigenvalue weighted by Gasteiger charge is -2.46. The van der Waals surface area contributed by atoms with E-state index in [9.17, 15) is 10.2 Å². The van der Waals surface area contributed by atoms with Crippen LogP contribution in [0.25, 0.3) is 0 Å². The van der Waals surface area contributed by atoms with E-state index in [4.69, 9.17) is 4.74 Å². The summed E-state index contributed by atoms with van der Waals surface area (Å²) in [5.41, 5.74) is 0.836. The number of rotatable bonds is 4. The molecule has 2 fully saturated rings. The number of hydrogen-bond acceptors (Lipinski definition) is 7. The van der Waals surface area contributed by atoms with Crippen LogP contribution in [-0.2, 0) is 11.3 Å². The molecule has 3 rings (SSSR count). The Morgan fingerprint density at radius 1 is 1.26 bits per heavy atom. The molecule has 2 aliphatic rings. The van der Waals surface area contributed by atoms with E-state index in [0.717, 1.165) is 44.6 Å². The maximum atomic E-state index is 9.90. The molecule has 2 atom stereocenters. The number of nitrogens with one attached hydrogen (secondary N) is 1. The Balaban J connectivity index is 1.51. The number of hydrogen-bond donors (Lipinski definition) is 3. The van der Waals surface area contributed by atoms with Crippen LogP contribution < -0.4 is 5.32 Å². The number of ether oxygens (including phenoxy) is 1. The highest BCUT2D eigenvalue weighted by atomic mass is 16.5. The molecule has 2 saturated heterocycles. The van der Waals surface area contributed by atoms with E-state index in [1.807, 2.05) is 19.3 Å². The van der Waals surface area contributed by atoms with Crippen LogP contribution in [0.2, 0.25) is 0 Å². The standard InChI is InChI=1S/C16H26N4O3/c1-2-17-15-18-8-12(9-19-15)10-20-5-3-16(4-6-20)7-13(21)14(22)11-23-16/h8-9,13-14,21-22H,2-7,10-11H2,1H3,(H,17,18,19)/t13-,14+/m1/s1. The molecule has 2 aliphatic heterocycles. The van der Waals surface area contributed by atoms with Crippen molar-refractivity contribution in [3.63, 3.8) is 0 Å². The fraction of sp³-hybridized carbons (Fsp3) is 0.750. The lowest BCUT2D eigenvalue weighted by molar-refractivity contribution is -0.188. The zero-order chi connectivity index (χ0) is 16.3. The molecule has 0 aromatic carbocycles. The molecule has 0 radical (unpaired) electrons. The molecule has 7 nitrogen and oxygen atoms in total. The number of nitrogens with zero attached hydrogens (tertiary/aromatic N) is 3. The Bertz CT molecular complexity index is 503. The second kappa shape index (κ2) is 7.09. The monoisotopic (exact) mass is 322 g/mol. The van der Waals surface area contributed by atoms with E-state index in [0.29, 0.717) is 12.4 Å². The van der Waals surface area contributed by atoms with Gasteiger partial charge in [0.1, 0.15) is 6.10 Å². The summed E-state index contributed by atoms with van der Waals surface area (Å²) in [5.74, 6) is 0.664. The molecule has 23 heavy (non-hydrogen) atoms. The molecular formula is C16H26N4O3. The minimum Gasteiger partial charge on any atom is -0.390 e. The molecule has 1 aromatic heterocycles. The van der Waals surface area contributed by atoms with Crippen molar-refractivity contribution in [2.45, 2.75) is 50.5 Å². The molecule has 0 bridgehead atoms. The highest BCUT2D eigenvalue weighted by molar-refractivity contribution is 5.24. The summed E-state index contributed by atoms with van der Waals surface area (Å²) in [6.07, 6.45) is 4.62. The summed E-state index contributed by atoms with van der Waals surface area (Å²) in [5, 5.41) is 22.6. The van der Waals surface area contributed by atoms with Crippen LogP contribution in [0.1, 0.15) is 31.7 Å². The Labute approximate surface area is 136 Å². The van der Waals surface area contributed by atoms with Crippen molar-refractivity contribution in [1.29, 1.82) is 0 Å². The Hall–Kier alpha value is -1.28. The number of anilines is 1. The van der Waals surface area contributed by atoms with Crippen molar-refractivity contribution in [2.75, 3.05) is 31.6 Å². The van der Waals surface area contributed by atoms with Gasteiger partial charge >= 0.3 is 0 Å². The van der Waals surface area contributed by atoms with Gasteiger partial charge in [-0.25, -0.2) is 9.97 Å². The molecule has 128 valence electrons. The average molecular weight is 322 g/mol. The second-order valence-corrected chi connectivity index (χ2v) is 6.55. The lowest BCUT2D eigenvalue weighted by atomic mass is 9.82. The van der Waals surface area contributed by atoms with Crippen LogP contribution >= 0.6 is 0 Å². The van der Waals surface area contributed by atoms with Gasteiger partial charge in [-0.05, 0) is 19.8 Å². The molecule has 1 spiro atoms. The third-order valence-corrected chi connectivity index (χ3v) is 4.80. The van der Waals surface area contributed by atoms with E-state index < -0.39 is 12.2 Å². The molecule has 0 aliphatic carbocycles. The minimum absolute atomic E-state index is 0.237. The van der Waals surface area contributed by atoms with Crippen molar-refractivity contribution in [2.24, 2.45) is 0 Å². The predicted octanol–water partition coefficient (Wildman–Crippen LogP) is 0.385. The van der Waals surface area contributed by atoms with Gasteiger partial charge in [0.25, 0.3) is 0 Å². The molecule has 3 N–H and O–H groups in total. The molecule has 3 heterocycles. The van der Waals surface area contributed by atoms with Gasteiger partial charge in [0.05, 0.1) is 18.3 Å². The van der Waals surface area contributed by atoms with Crippen molar-refractivity contribution >= 4 is 5.95 Å².